The summed E-state index contributed by atoms with van der Waals surface area (Å²) in [6, 6.07) is 3.80. The summed E-state index contributed by atoms with van der Waals surface area (Å²) in [6.45, 7) is 0.712. The normalized spacial score (nSPS) is 10.6. The van der Waals surface area contributed by atoms with Crippen molar-refractivity contribution in [1.82, 2.24) is 15.3 Å². The Morgan fingerprint density at radius 1 is 1.50 bits per heavy atom. The molecule has 0 aliphatic rings. The first-order valence-electron chi connectivity index (χ1n) is 5.37. The molecule has 0 aromatic carbocycles. The highest BCUT2D eigenvalue weighted by Gasteiger charge is 2.03. The van der Waals surface area contributed by atoms with E-state index in [2.05, 4.69) is 20.0 Å². The third kappa shape index (κ3) is 2.94. The molecule has 0 saturated heterocycles. The molecule has 0 atom stereocenters. The van der Waals surface area contributed by atoms with E-state index in [1.807, 2.05) is 12.1 Å². The van der Waals surface area contributed by atoms with Crippen molar-refractivity contribution in [2.24, 2.45) is 0 Å². The molecule has 5 nitrogen and oxygen atoms in total. The number of halogens is 1. The largest absolute Gasteiger partial charge is 0.468 e. The van der Waals surface area contributed by atoms with Gasteiger partial charge in [0.25, 0.3) is 0 Å². The Kier molecular flexibility index (Phi) is 4.07. The Bertz CT molecular complexity index is 574. The minimum Gasteiger partial charge on any atom is -0.468 e. The van der Waals surface area contributed by atoms with Gasteiger partial charge in [0.2, 0.25) is 0 Å². The molecule has 0 aliphatic carbocycles. The van der Waals surface area contributed by atoms with E-state index >= 15 is 0 Å². The van der Waals surface area contributed by atoms with Crippen molar-refractivity contribution in [1.29, 1.82) is 0 Å². The van der Waals surface area contributed by atoms with Crippen LogP contribution in [0, 0.1) is 0 Å². The van der Waals surface area contributed by atoms with Crippen molar-refractivity contribution in [2.75, 3.05) is 13.7 Å². The van der Waals surface area contributed by atoms with Crippen LogP contribution in [-0.2, 0) is 16.1 Å². The lowest BCUT2D eigenvalue weighted by molar-refractivity contribution is -0.139. The van der Waals surface area contributed by atoms with Crippen molar-refractivity contribution in [3.05, 3.63) is 35.2 Å². The molecule has 0 bridgehead atoms. The lowest BCUT2D eigenvalue weighted by Gasteiger charge is -2.05. The van der Waals surface area contributed by atoms with Gasteiger partial charge in [0, 0.05) is 24.3 Å². The Balaban J connectivity index is 2.08. The molecule has 2 heterocycles. The molecule has 0 radical (unpaired) electrons. The van der Waals surface area contributed by atoms with Crippen molar-refractivity contribution >= 4 is 28.5 Å². The van der Waals surface area contributed by atoms with Crippen LogP contribution in [-0.4, -0.2) is 29.6 Å². The molecular formula is C12H12ClN3O2. The van der Waals surface area contributed by atoms with Crippen LogP contribution < -0.4 is 5.32 Å². The Morgan fingerprint density at radius 3 is 3.11 bits per heavy atom. The third-order valence-corrected chi connectivity index (χ3v) is 2.71. The van der Waals surface area contributed by atoms with Gasteiger partial charge in [-0.2, -0.15) is 0 Å². The monoisotopic (exact) mass is 265 g/mol. The predicted octanol–water partition coefficient (Wildman–Crippen LogP) is 1.55. The van der Waals surface area contributed by atoms with Crippen LogP contribution in [0.4, 0.5) is 0 Å². The Morgan fingerprint density at radius 2 is 2.33 bits per heavy atom. The number of rotatable bonds is 4. The maximum absolute atomic E-state index is 10.9. The summed E-state index contributed by atoms with van der Waals surface area (Å²) in [6.07, 6.45) is 3.35. The summed E-state index contributed by atoms with van der Waals surface area (Å²) in [5.41, 5.74) is 1.64. The number of hydrogen-bond acceptors (Lipinski definition) is 5. The van der Waals surface area contributed by atoms with Crippen molar-refractivity contribution in [3.8, 4) is 0 Å². The van der Waals surface area contributed by atoms with Crippen molar-refractivity contribution < 1.29 is 9.53 Å². The molecule has 0 fully saturated rings. The van der Waals surface area contributed by atoms with Crippen molar-refractivity contribution in [3.63, 3.8) is 0 Å². The first kappa shape index (κ1) is 12.7. The van der Waals surface area contributed by atoms with Gasteiger partial charge in [-0.1, -0.05) is 11.6 Å². The van der Waals surface area contributed by atoms with Gasteiger partial charge in [0.15, 0.2) is 5.15 Å². The van der Waals surface area contributed by atoms with E-state index in [1.165, 1.54) is 7.11 Å². The zero-order chi connectivity index (χ0) is 13.0. The number of methoxy groups -OCH3 is 1. The van der Waals surface area contributed by atoms with E-state index in [4.69, 9.17) is 11.6 Å². The van der Waals surface area contributed by atoms with E-state index in [0.29, 0.717) is 17.2 Å². The summed E-state index contributed by atoms with van der Waals surface area (Å²) in [5, 5.41) is 4.28. The molecule has 0 amide bonds. The molecular weight excluding hydrogens is 254 g/mol. The molecule has 2 aromatic heterocycles. The Labute approximate surface area is 109 Å². The van der Waals surface area contributed by atoms with Gasteiger partial charge < -0.3 is 10.1 Å². The van der Waals surface area contributed by atoms with Crippen LogP contribution in [0.5, 0.6) is 0 Å². The minimum atomic E-state index is -0.295. The van der Waals surface area contributed by atoms with Gasteiger partial charge >= 0.3 is 5.97 Å². The van der Waals surface area contributed by atoms with E-state index in [1.54, 1.807) is 12.4 Å². The van der Waals surface area contributed by atoms with Crippen LogP contribution in [0.25, 0.3) is 10.9 Å². The number of nitrogens with one attached hydrogen (secondary N) is 1. The summed E-state index contributed by atoms with van der Waals surface area (Å²) >= 11 is 5.92. The summed E-state index contributed by atoms with van der Waals surface area (Å²) in [7, 11) is 1.36. The maximum Gasteiger partial charge on any atom is 0.319 e. The number of nitrogens with zero attached hydrogens (tertiary/aromatic N) is 2. The number of hydrogen-bond donors (Lipinski definition) is 1. The highest BCUT2D eigenvalue weighted by Crippen LogP contribution is 2.19. The van der Waals surface area contributed by atoms with E-state index in [0.717, 1.165) is 10.9 Å². The fraction of sp³-hybridized carbons (Fsp3) is 0.250. The van der Waals surface area contributed by atoms with Crippen molar-refractivity contribution in [2.45, 2.75) is 6.54 Å². The molecule has 0 aliphatic heterocycles. The first-order chi connectivity index (χ1) is 8.70. The van der Waals surface area contributed by atoms with E-state index < -0.39 is 0 Å². The van der Waals surface area contributed by atoms with Crippen LogP contribution >= 0.6 is 11.6 Å². The van der Waals surface area contributed by atoms with Gasteiger partial charge in [-0.3, -0.25) is 9.78 Å². The number of esters is 1. The van der Waals surface area contributed by atoms with Crippen LogP contribution in [0.2, 0.25) is 5.15 Å². The molecule has 6 heteroatoms. The number of carbonyl (C=O) groups is 1. The molecule has 18 heavy (non-hydrogen) atoms. The lowest BCUT2D eigenvalue weighted by Crippen LogP contribution is -2.23. The number of ether oxygens (including phenoxy) is 1. The molecule has 0 saturated carbocycles. The van der Waals surface area contributed by atoms with Gasteiger partial charge in [-0.05, 0) is 17.7 Å². The maximum atomic E-state index is 10.9. The highest BCUT2D eigenvalue weighted by molar-refractivity contribution is 6.33. The molecule has 2 aromatic rings. The SMILES string of the molecule is COC(=O)CNCc1cnc2c(Cl)nccc2c1. The molecule has 94 valence electrons. The number of carbonyl (C=O) groups excluding carboxylic acids is 1. The third-order valence-electron chi connectivity index (χ3n) is 2.44. The molecule has 2 rings (SSSR count). The second-order valence-electron chi connectivity index (χ2n) is 3.70. The van der Waals surface area contributed by atoms with Gasteiger partial charge in [0.05, 0.1) is 13.7 Å². The van der Waals surface area contributed by atoms with Crippen LogP contribution in [0.3, 0.4) is 0 Å². The number of pyridine rings is 2. The summed E-state index contributed by atoms with van der Waals surface area (Å²) in [4.78, 5) is 19.1. The summed E-state index contributed by atoms with van der Waals surface area (Å²) in [5.74, 6) is -0.295. The smallest absolute Gasteiger partial charge is 0.319 e. The first-order valence-corrected chi connectivity index (χ1v) is 5.75. The number of aromatic nitrogens is 2. The lowest BCUT2D eigenvalue weighted by atomic mass is 10.2. The average molecular weight is 266 g/mol. The Hall–Kier alpha value is -1.72. The fourth-order valence-electron chi connectivity index (χ4n) is 1.55. The van der Waals surface area contributed by atoms with Gasteiger partial charge in [0.1, 0.15) is 5.52 Å². The van der Waals surface area contributed by atoms with Gasteiger partial charge in [-0.15, -0.1) is 0 Å². The molecule has 1 N–H and O–H groups in total. The van der Waals surface area contributed by atoms with Crippen LogP contribution in [0.15, 0.2) is 24.5 Å². The summed E-state index contributed by atoms with van der Waals surface area (Å²) < 4.78 is 4.53. The zero-order valence-electron chi connectivity index (χ0n) is 9.81. The van der Waals surface area contributed by atoms with Gasteiger partial charge in [-0.25, -0.2) is 4.98 Å². The topological polar surface area (TPSA) is 64.1 Å². The quantitative estimate of drug-likeness (QED) is 0.671. The highest BCUT2D eigenvalue weighted by atomic mass is 35.5. The molecule has 0 spiro atoms. The average Bonchev–Trinajstić information content (AvgIpc) is 2.38. The van der Waals surface area contributed by atoms with E-state index in [-0.39, 0.29) is 12.5 Å². The fourth-order valence-corrected chi connectivity index (χ4v) is 1.76. The standard InChI is InChI=1S/C12H12ClN3O2/c1-18-10(17)7-14-5-8-4-9-2-3-15-12(13)11(9)16-6-8/h2-4,6,14H,5,7H2,1H3. The second kappa shape index (κ2) is 5.75. The second-order valence-corrected chi connectivity index (χ2v) is 4.05. The zero-order valence-corrected chi connectivity index (χ0v) is 10.6. The van der Waals surface area contributed by atoms with Crippen LogP contribution in [0.1, 0.15) is 5.56 Å². The number of fused-ring (bicyclic) bond motifs is 1. The predicted molar refractivity (Wildman–Crippen MR) is 68.3 cm³/mol. The van der Waals surface area contributed by atoms with E-state index in [9.17, 15) is 4.79 Å². The molecule has 0 unspecified atom stereocenters. The minimum absolute atomic E-state index is 0.172.